The number of imidazole rings is 2. The highest BCUT2D eigenvalue weighted by molar-refractivity contribution is 5.99. The summed E-state index contributed by atoms with van der Waals surface area (Å²) >= 11 is 0. The standard InChI is InChI=1S/C42H54N18O2/c1-23-8-11-30-31(14-23)48-33(47-30)21-59(42-53-41(58-17-25(3)45-26(4)18-58)51-36-29(27-9-10-27)15-44-60(36)42)16-24(2)38(61)46-28-12-13-57(19-28)40-50-35(34-37(52-40)55(5)22-43-34)49-32-20-56(6)54-39(32)62-7/h8,11,14-15,20,22,25-29,36,45H,2,9-10,12-13,16-19,21H2,1,3-7H3,(H,46,61)(H,47,48)(H,49,50,52)/t25-,26+,28?,29?,36?. The fourth-order valence-electron chi connectivity index (χ4n) is 9.09. The van der Waals surface area contributed by atoms with Gasteiger partial charge in [0.05, 0.1) is 43.8 Å². The number of aromatic nitrogens is 8. The van der Waals surface area contributed by atoms with Gasteiger partial charge in [0.1, 0.15) is 11.5 Å². The highest BCUT2D eigenvalue weighted by Crippen LogP contribution is 2.42. The molecular formula is C42H54N18O2. The number of anilines is 3. The number of carbonyl (C=O) groups excluding carboxylic acids is 1. The molecule has 1 amide bonds. The van der Waals surface area contributed by atoms with Crippen molar-refractivity contribution in [3.8, 4) is 5.88 Å². The van der Waals surface area contributed by atoms with E-state index in [0.717, 1.165) is 35.5 Å². The van der Waals surface area contributed by atoms with Crippen molar-refractivity contribution in [1.82, 2.24) is 64.7 Å². The van der Waals surface area contributed by atoms with Gasteiger partial charge in [-0.3, -0.25) is 9.48 Å². The molecule has 4 aliphatic heterocycles. The Kier molecular flexibility index (Phi) is 10.0. The number of aromatic amines is 1. The van der Waals surface area contributed by atoms with Gasteiger partial charge in [-0.05, 0) is 63.6 Å². The average Bonchev–Trinajstić information content (AvgIpc) is 3.63. The Balaban J connectivity index is 0.896. The number of guanidine groups is 2. The van der Waals surface area contributed by atoms with Crippen LogP contribution in [0, 0.1) is 18.8 Å². The van der Waals surface area contributed by atoms with Crippen LogP contribution < -0.4 is 25.6 Å². The third-order valence-corrected chi connectivity index (χ3v) is 12.2. The Labute approximate surface area is 359 Å². The zero-order valence-corrected chi connectivity index (χ0v) is 36.1. The number of aliphatic imine (C=N–C) groups is 2. The lowest BCUT2D eigenvalue weighted by Gasteiger charge is -2.41. The smallest absolute Gasteiger partial charge is 0.256 e. The Morgan fingerprint density at radius 1 is 1.06 bits per heavy atom. The molecule has 20 nitrogen and oxygen atoms in total. The summed E-state index contributed by atoms with van der Waals surface area (Å²) < 4.78 is 9.01. The number of benzene rings is 1. The summed E-state index contributed by atoms with van der Waals surface area (Å²) in [5, 5.41) is 21.5. The summed E-state index contributed by atoms with van der Waals surface area (Å²) in [6.45, 7) is 14.1. The quantitative estimate of drug-likeness (QED) is 0.142. The maximum atomic E-state index is 14.2. The fourth-order valence-corrected chi connectivity index (χ4v) is 9.09. The number of nitrogens with one attached hydrogen (secondary N) is 4. The van der Waals surface area contributed by atoms with Crippen LogP contribution in [0.15, 0.2) is 58.0 Å². The van der Waals surface area contributed by atoms with Gasteiger partial charge in [-0.15, -0.1) is 5.10 Å². The first kappa shape index (κ1) is 39.6. The van der Waals surface area contributed by atoms with Crippen LogP contribution in [-0.2, 0) is 25.4 Å². The number of hydrogen-bond acceptors (Lipinski definition) is 16. The number of amides is 1. The number of piperazine rings is 1. The van der Waals surface area contributed by atoms with Gasteiger partial charge >= 0.3 is 0 Å². The molecule has 20 heteroatoms. The lowest BCUT2D eigenvalue weighted by Crippen LogP contribution is -2.58. The van der Waals surface area contributed by atoms with Crippen LogP contribution in [0.25, 0.3) is 22.2 Å². The van der Waals surface area contributed by atoms with Crippen LogP contribution in [0.3, 0.4) is 0 Å². The number of ether oxygens (including phenoxy) is 1. The number of rotatable bonds is 11. The summed E-state index contributed by atoms with van der Waals surface area (Å²) in [5.41, 5.74) is 5.33. The van der Waals surface area contributed by atoms with E-state index >= 15 is 0 Å². The summed E-state index contributed by atoms with van der Waals surface area (Å²) in [6.07, 6.45) is 8.41. The van der Waals surface area contributed by atoms with Crippen LogP contribution in [0.1, 0.15) is 44.5 Å². The lowest BCUT2D eigenvalue weighted by atomic mass is 10.0. The molecule has 2 saturated heterocycles. The minimum atomic E-state index is -0.233. The molecule has 62 heavy (non-hydrogen) atoms. The molecule has 1 aromatic carbocycles. The molecule has 3 unspecified atom stereocenters. The predicted octanol–water partition coefficient (Wildman–Crippen LogP) is 2.85. The van der Waals surface area contributed by atoms with E-state index in [4.69, 9.17) is 34.8 Å². The number of hydrazone groups is 1. The topological polar surface area (TPSA) is 203 Å². The maximum absolute atomic E-state index is 14.2. The van der Waals surface area contributed by atoms with Gasteiger partial charge in [0, 0.05) is 76.1 Å². The molecule has 4 N–H and O–H groups in total. The number of fused-ring (bicyclic) bond motifs is 3. The molecule has 5 atom stereocenters. The van der Waals surface area contributed by atoms with Crippen molar-refractivity contribution in [2.45, 2.75) is 70.9 Å². The molecule has 1 saturated carbocycles. The average molecular weight is 843 g/mol. The number of nitrogens with zero attached hydrogens (tertiary/aromatic N) is 14. The van der Waals surface area contributed by atoms with Crippen molar-refractivity contribution < 1.29 is 9.53 Å². The first-order valence-electron chi connectivity index (χ1n) is 21.4. The Morgan fingerprint density at radius 3 is 2.68 bits per heavy atom. The molecule has 324 valence electrons. The van der Waals surface area contributed by atoms with Gasteiger partial charge in [-0.2, -0.15) is 20.1 Å². The normalized spacial score (nSPS) is 23.5. The van der Waals surface area contributed by atoms with Crippen molar-refractivity contribution in [2.24, 2.45) is 41.0 Å². The van der Waals surface area contributed by atoms with Crippen molar-refractivity contribution in [1.29, 1.82) is 0 Å². The molecule has 5 aromatic rings. The fraction of sp³-hybridized carbons (Fsp3) is 0.500. The minimum Gasteiger partial charge on any atom is -0.478 e. The maximum Gasteiger partial charge on any atom is 0.256 e. The summed E-state index contributed by atoms with van der Waals surface area (Å²) in [4.78, 5) is 54.0. The molecule has 4 aromatic heterocycles. The summed E-state index contributed by atoms with van der Waals surface area (Å²) in [5.74, 6) is 4.08. The minimum absolute atomic E-state index is 0.165. The van der Waals surface area contributed by atoms with Crippen molar-refractivity contribution >= 4 is 63.7 Å². The van der Waals surface area contributed by atoms with Gasteiger partial charge in [-0.25, -0.2) is 20.0 Å². The van der Waals surface area contributed by atoms with Crippen molar-refractivity contribution in [2.75, 3.05) is 50.1 Å². The lowest BCUT2D eigenvalue weighted by molar-refractivity contribution is -0.118. The third kappa shape index (κ3) is 7.66. The SMILES string of the molecule is C=C(CN(Cc1nc2ccc(C)cc2[nH]1)C1=NC(N2C[C@@H](C)N[C@@H](C)C2)=NC2C(C3CC3)C=NN12)C(=O)NC1CCN(c2nc(Nc3cn(C)nc3OC)c3ncn(C)c3n2)C1. The van der Waals surface area contributed by atoms with Gasteiger partial charge in [0.2, 0.25) is 23.8 Å². The van der Waals surface area contributed by atoms with E-state index in [1.165, 1.54) is 12.8 Å². The second kappa shape index (κ2) is 15.7. The number of hydrogen-bond donors (Lipinski definition) is 4. The first-order chi connectivity index (χ1) is 30.0. The van der Waals surface area contributed by atoms with Crippen LogP contribution in [0.2, 0.25) is 0 Å². The van der Waals surface area contributed by atoms with E-state index in [1.54, 1.807) is 18.1 Å². The zero-order valence-electron chi connectivity index (χ0n) is 36.1. The van der Waals surface area contributed by atoms with E-state index in [0.29, 0.717) is 84.0 Å². The summed E-state index contributed by atoms with van der Waals surface area (Å²) in [7, 11) is 5.30. The Hall–Kier alpha value is -6.57. The van der Waals surface area contributed by atoms with Crippen molar-refractivity contribution in [3.05, 3.63) is 54.3 Å². The van der Waals surface area contributed by atoms with Gasteiger partial charge in [0.25, 0.3) is 5.88 Å². The zero-order chi connectivity index (χ0) is 42.8. The Morgan fingerprint density at radius 2 is 1.89 bits per heavy atom. The van der Waals surface area contributed by atoms with Crippen LogP contribution >= 0.6 is 0 Å². The van der Waals surface area contributed by atoms with E-state index in [9.17, 15) is 4.79 Å². The monoisotopic (exact) mass is 842 g/mol. The van der Waals surface area contributed by atoms with E-state index in [2.05, 4.69) is 85.2 Å². The molecule has 0 radical (unpaired) electrons. The van der Waals surface area contributed by atoms with Crippen molar-refractivity contribution in [3.63, 3.8) is 0 Å². The van der Waals surface area contributed by atoms with Gasteiger partial charge in [-0.1, -0.05) is 12.6 Å². The number of aryl methyl sites for hydroxylation is 3. The molecule has 1 aliphatic carbocycles. The highest BCUT2D eigenvalue weighted by Gasteiger charge is 2.46. The first-order valence-corrected chi connectivity index (χ1v) is 21.4. The van der Waals surface area contributed by atoms with Crippen LogP contribution in [0.4, 0.5) is 17.5 Å². The molecule has 10 rings (SSSR count). The number of H-pyrrole nitrogens is 1. The van der Waals surface area contributed by atoms with E-state index < -0.39 is 0 Å². The van der Waals surface area contributed by atoms with E-state index in [1.807, 2.05) is 42.1 Å². The van der Waals surface area contributed by atoms with Crippen LogP contribution in [-0.4, -0.2) is 142 Å². The second-order valence-corrected chi connectivity index (χ2v) is 17.5. The Bertz CT molecular complexity index is 2630. The molecule has 5 aliphatic rings. The third-order valence-electron chi connectivity index (χ3n) is 12.2. The largest absolute Gasteiger partial charge is 0.478 e. The molecule has 8 heterocycles. The van der Waals surface area contributed by atoms with E-state index in [-0.39, 0.29) is 42.7 Å². The number of carbonyl (C=O) groups is 1. The highest BCUT2D eigenvalue weighted by atomic mass is 16.5. The number of methoxy groups -OCH3 is 1. The second-order valence-electron chi connectivity index (χ2n) is 17.5. The molecular weight excluding hydrogens is 789 g/mol. The summed E-state index contributed by atoms with van der Waals surface area (Å²) in [6, 6.07) is 6.58. The van der Waals surface area contributed by atoms with Gasteiger partial charge in [0.15, 0.2) is 23.1 Å². The molecule has 0 bridgehead atoms. The van der Waals surface area contributed by atoms with Crippen LogP contribution in [0.5, 0.6) is 5.88 Å². The molecule has 3 fully saturated rings. The van der Waals surface area contributed by atoms with Gasteiger partial charge < -0.3 is 44.9 Å². The predicted molar refractivity (Wildman–Crippen MR) is 237 cm³/mol. The molecule has 0 spiro atoms.